The first-order valence-corrected chi connectivity index (χ1v) is 7.38. The number of aryl methyl sites for hydroxylation is 1. The third-order valence-electron chi connectivity index (χ3n) is 3.70. The quantitative estimate of drug-likeness (QED) is 0.779. The first kappa shape index (κ1) is 13.8. The second kappa shape index (κ2) is 6.06. The molecule has 0 amide bonds. The fourth-order valence-electron chi connectivity index (χ4n) is 2.61. The smallest absolute Gasteiger partial charge is 0.126 e. The molecular weight excluding hydrogens is 260 g/mol. The van der Waals surface area contributed by atoms with Gasteiger partial charge < -0.3 is 9.88 Å². The lowest BCUT2D eigenvalue weighted by molar-refractivity contribution is 0.517. The maximum atomic E-state index is 4.78. The first-order chi connectivity index (χ1) is 10.3. The van der Waals surface area contributed by atoms with Crippen LogP contribution in [0.5, 0.6) is 0 Å². The van der Waals surface area contributed by atoms with Gasteiger partial charge in [-0.25, -0.2) is 4.98 Å². The summed E-state index contributed by atoms with van der Waals surface area (Å²) < 4.78 is 2.27. The Hall–Kier alpha value is -2.20. The zero-order valence-corrected chi connectivity index (χ0v) is 12.5. The van der Waals surface area contributed by atoms with E-state index in [0.29, 0.717) is 0 Å². The van der Waals surface area contributed by atoms with Gasteiger partial charge in [0.25, 0.3) is 0 Å². The molecule has 3 aromatic rings. The highest BCUT2D eigenvalue weighted by Crippen LogP contribution is 2.20. The number of benzene rings is 1. The van der Waals surface area contributed by atoms with Crippen LogP contribution in [-0.4, -0.2) is 14.5 Å². The van der Waals surface area contributed by atoms with E-state index in [2.05, 4.69) is 46.9 Å². The highest BCUT2D eigenvalue weighted by molar-refractivity contribution is 5.76. The molecule has 2 heterocycles. The molecular formula is C17H20N4. The Kier molecular flexibility index (Phi) is 3.97. The van der Waals surface area contributed by atoms with E-state index in [9.17, 15) is 0 Å². The van der Waals surface area contributed by atoms with Gasteiger partial charge >= 0.3 is 0 Å². The predicted molar refractivity (Wildman–Crippen MR) is 84.9 cm³/mol. The topological polar surface area (TPSA) is 42.7 Å². The van der Waals surface area contributed by atoms with Crippen molar-refractivity contribution in [1.29, 1.82) is 0 Å². The summed E-state index contributed by atoms with van der Waals surface area (Å²) in [5.41, 5.74) is 3.30. The van der Waals surface area contributed by atoms with Crippen molar-refractivity contribution < 1.29 is 0 Å². The molecule has 1 atom stereocenters. The van der Waals surface area contributed by atoms with Gasteiger partial charge in [0.1, 0.15) is 5.82 Å². The number of nitrogens with zero attached hydrogens (tertiary/aromatic N) is 3. The minimum Gasteiger partial charge on any atom is -0.327 e. The van der Waals surface area contributed by atoms with E-state index in [1.165, 1.54) is 5.52 Å². The van der Waals surface area contributed by atoms with Gasteiger partial charge in [-0.05, 0) is 38.1 Å². The Balaban J connectivity index is 1.82. The second-order valence-corrected chi connectivity index (χ2v) is 5.13. The molecule has 4 nitrogen and oxygen atoms in total. The highest BCUT2D eigenvalue weighted by Gasteiger charge is 2.15. The third kappa shape index (κ3) is 2.81. The molecule has 108 valence electrons. The van der Waals surface area contributed by atoms with Crippen LogP contribution >= 0.6 is 0 Å². The van der Waals surface area contributed by atoms with Crippen LogP contribution in [0, 0.1) is 0 Å². The van der Waals surface area contributed by atoms with Crippen LogP contribution in [0.25, 0.3) is 11.0 Å². The van der Waals surface area contributed by atoms with Gasteiger partial charge in [-0.15, -0.1) is 0 Å². The van der Waals surface area contributed by atoms with E-state index in [0.717, 1.165) is 30.1 Å². The number of pyridine rings is 1. The van der Waals surface area contributed by atoms with Crippen LogP contribution in [0.2, 0.25) is 0 Å². The molecule has 0 spiro atoms. The average molecular weight is 280 g/mol. The molecule has 0 radical (unpaired) electrons. The standard InChI is InChI=1S/C17H20N4/c1-3-21-16-10-5-4-9-15(16)20-17(21)13(2)19-12-14-8-6-7-11-18-14/h4-11,13,19H,3,12H2,1-2H3. The van der Waals surface area contributed by atoms with Crippen LogP contribution < -0.4 is 5.32 Å². The van der Waals surface area contributed by atoms with Crippen molar-refractivity contribution >= 4 is 11.0 Å². The number of rotatable bonds is 5. The van der Waals surface area contributed by atoms with Crippen LogP contribution in [0.1, 0.15) is 31.4 Å². The van der Waals surface area contributed by atoms with Crippen molar-refractivity contribution in [3.05, 3.63) is 60.2 Å². The molecule has 0 aliphatic heterocycles. The summed E-state index contributed by atoms with van der Waals surface area (Å²) in [5, 5.41) is 3.51. The summed E-state index contributed by atoms with van der Waals surface area (Å²) in [6.07, 6.45) is 1.82. The molecule has 0 saturated heterocycles. The zero-order valence-electron chi connectivity index (χ0n) is 12.5. The molecule has 0 aliphatic rings. The maximum absolute atomic E-state index is 4.78. The molecule has 0 aliphatic carbocycles. The number of nitrogens with one attached hydrogen (secondary N) is 1. The summed E-state index contributed by atoms with van der Waals surface area (Å²) in [5.74, 6) is 1.08. The monoisotopic (exact) mass is 280 g/mol. The third-order valence-corrected chi connectivity index (χ3v) is 3.70. The fraction of sp³-hybridized carbons (Fsp3) is 0.294. The Bertz CT molecular complexity index is 718. The fourth-order valence-corrected chi connectivity index (χ4v) is 2.61. The van der Waals surface area contributed by atoms with Crippen LogP contribution in [0.3, 0.4) is 0 Å². The van der Waals surface area contributed by atoms with Crippen molar-refractivity contribution in [2.24, 2.45) is 0 Å². The molecule has 0 bridgehead atoms. The molecule has 21 heavy (non-hydrogen) atoms. The first-order valence-electron chi connectivity index (χ1n) is 7.38. The van der Waals surface area contributed by atoms with Crippen molar-refractivity contribution in [3.63, 3.8) is 0 Å². The average Bonchev–Trinajstić information content (AvgIpc) is 2.92. The number of aromatic nitrogens is 3. The van der Waals surface area contributed by atoms with Crippen molar-refractivity contribution in [3.8, 4) is 0 Å². The van der Waals surface area contributed by atoms with E-state index in [-0.39, 0.29) is 6.04 Å². The van der Waals surface area contributed by atoms with E-state index in [1.54, 1.807) is 0 Å². The number of para-hydroxylation sites is 2. The lowest BCUT2D eigenvalue weighted by atomic mass is 10.3. The Morgan fingerprint density at radius 1 is 1.14 bits per heavy atom. The zero-order chi connectivity index (χ0) is 14.7. The summed E-state index contributed by atoms with van der Waals surface area (Å²) in [4.78, 5) is 9.12. The molecule has 1 N–H and O–H groups in total. The largest absolute Gasteiger partial charge is 0.327 e. The van der Waals surface area contributed by atoms with Gasteiger partial charge in [0.2, 0.25) is 0 Å². The van der Waals surface area contributed by atoms with Gasteiger partial charge in [0, 0.05) is 19.3 Å². The van der Waals surface area contributed by atoms with E-state index < -0.39 is 0 Å². The molecule has 4 heteroatoms. The number of hydrogen-bond donors (Lipinski definition) is 1. The Morgan fingerprint density at radius 2 is 1.95 bits per heavy atom. The molecule has 1 unspecified atom stereocenters. The minimum atomic E-state index is 0.180. The molecule has 0 saturated carbocycles. The predicted octanol–water partition coefficient (Wildman–Crippen LogP) is 3.30. The maximum Gasteiger partial charge on any atom is 0.126 e. The van der Waals surface area contributed by atoms with E-state index in [4.69, 9.17) is 4.98 Å². The van der Waals surface area contributed by atoms with Crippen molar-refractivity contribution in [1.82, 2.24) is 19.9 Å². The van der Waals surface area contributed by atoms with Crippen LogP contribution in [0.15, 0.2) is 48.7 Å². The van der Waals surface area contributed by atoms with Gasteiger partial charge in [-0.1, -0.05) is 18.2 Å². The minimum absolute atomic E-state index is 0.180. The van der Waals surface area contributed by atoms with Gasteiger partial charge in [0.05, 0.1) is 22.8 Å². The lowest BCUT2D eigenvalue weighted by Crippen LogP contribution is -2.22. The van der Waals surface area contributed by atoms with Crippen LogP contribution in [0.4, 0.5) is 0 Å². The van der Waals surface area contributed by atoms with Crippen molar-refractivity contribution in [2.75, 3.05) is 0 Å². The Labute approximate surface area is 124 Å². The van der Waals surface area contributed by atoms with Crippen LogP contribution in [-0.2, 0) is 13.1 Å². The molecule has 1 aromatic carbocycles. The summed E-state index contributed by atoms with van der Waals surface area (Å²) in [6, 6.07) is 14.4. The molecule has 0 fully saturated rings. The SMILES string of the molecule is CCn1c(C(C)NCc2ccccn2)nc2ccccc21. The molecule has 3 rings (SSSR count). The van der Waals surface area contributed by atoms with Gasteiger partial charge in [-0.2, -0.15) is 0 Å². The number of fused-ring (bicyclic) bond motifs is 1. The van der Waals surface area contributed by atoms with E-state index in [1.807, 2.05) is 30.5 Å². The summed E-state index contributed by atoms with van der Waals surface area (Å²) in [7, 11) is 0. The van der Waals surface area contributed by atoms with Crippen molar-refractivity contribution in [2.45, 2.75) is 33.0 Å². The molecule has 2 aromatic heterocycles. The Morgan fingerprint density at radius 3 is 2.71 bits per heavy atom. The number of imidazole rings is 1. The second-order valence-electron chi connectivity index (χ2n) is 5.13. The summed E-state index contributed by atoms with van der Waals surface area (Å²) >= 11 is 0. The number of hydrogen-bond acceptors (Lipinski definition) is 3. The lowest BCUT2D eigenvalue weighted by Gasteiger charge is -2.15. The van der Waals surface area contributed by atoms with E-state index >= 15 is 0 Å². The highest BCUT2D eigenvalue weighted by atomic mass is 15.1. The van der Waals surface area contributed by atoms with Gasteiger partial charge in [-0.3, -0.25) is 4.98 Å². The summed E-state index contributed by atoms with van der Waals surface area (Å²) in [6.45, 7) is 5.97. The van der Waals surface area contributed by atoms with Gasteiger partial charge in [0.15, 0.2) is 0 Å². The normalized spacial score (nSPS) is 12.7.